The van der Waals surface area contributed by atoms with Gasteiger partial charge in [0.15, 0.2) is 0 Å². The number of ether oxygens (including phenoxy) is 1. The standard InChI is InChI=1S/C19H19Cl2NO4/c1-26-19(25)16(11-13-7-5-12(6-8-13)9-10-23)22-18(24)17-14(20)3-2-4-15(17)21/h2-8,16,23H,9-11H2,1H3,(H,22,24)/t16-/m0/s1. The molecule has 0 heterocycles. The van der Waals surface area contributed by atoms with Crippen molar-refractivity contribution in [2.45, 2.75) is 18.9 Å². The van der Waals surface area contributed by atoms with Crippen LogP contribution in [0.15, 0.2) is 42.5 Å². The fourth-order valence-corrected chi connectivity index (χ4v) is 3.06. The lowest BCUT2D eigenvalue weighted by atomic mass is 10.0. The monoisotopic (exact) mass is 395 g/mol. The van der Waals surface area contributed by atoms with Gasteiger partial charge in [0.2, 0.25) is 0 Å². The van der Waals surface area contributed by atoms with Crippen LogP contribution in [0.5, 0.6) is 0 Å². The normalized spacial score (nSPS) is 11.7. The van der Waals surface area contributed by atoms with Crippen molar-refractivity contribution >= 4 is 35.1 Å². The highest BCUT2D eigenvalue weighted by Crippen LogP contribution is 2.24. The van der Waals surface area contributed by atoms with Crippen LogP contribution in [-0.2, 0) is 22.4 Å². The van der Waals surface area contributed by atoms with Crippen molar-refractivity contribution in [3.8, 4) is 0 Å². The molecule has 1 atom stereocenters. The van der Waals surface area contributed by atoms with E-state index in [1.165, 1.54) is 7.11 Å². The van der Waals surface area contributed by atoms with E-state index in [4.69, 9.17) is 33.0 Å². The summed E-state index contributed by atoms with van der Waals surface area (Å²) in [7, 11) is 1.26. The highest BCUT2D eigenvalue weighted by molar-refractivity contribution is 6.39. The Balaban J connectivity index is 2.17. The van der Waals surface area contributed by atoms with Gasteiger partial charge in [-0.2, -0.15) is 0 Å². The Kier molecular flexibility index (Phi) is 7.45. The van der Waals surface area contributed by atoms with Gasteiger partial charge < -0.3 is 15.2 Å². The first-order valence-electron chi connectivity index (χ1n) is 7.97. The summed E-state index contributed by atoms with van der Waals surface area (Å²) in [5.74, 6) is -1.12. The van der Waals surface area contributed by atoms with Gasteiger partial charge in [-0.05, 0) is 29.7 Å². The number of aliphatic hydroxyl groups is 1. The predicted molar refractivity (Wildman–Crippen MR) is 101 cm³/mol. The third kappa shape index (κ3) is 5.21. The highest BCUT2D eigenvalue weighted by Gasteiger charge is 2.24. The molecule has 0 spiro atoms. The maximum absolute atomic E-state index is 12.5. The number of amides is 1. The summed E-state index contributed by atoms with van der Waals surface area (Å²) in [5.41, 5.74) is 1.94. The van der Waals surface area contributed by atoms with E-state index < -0.39 is 17.9 Å². The smallest absolute Gasteiger partial charge is 0.328 e. The van der Waals surface area contributed by atoms with Crippen LogP contribution < -0.4 is 5.32 Å². The molecule has 0 aromatic heterocycles. The number of halogens is 2. The summed E-state index contributed by atoms with van der Waals surface area (Å²) in [6.07, 6.45) is 0.808. The maximum Gasteiger partial charge on any atom is 0.328 e. The largest absolute Gasteiger partial charge is 0.467 e. The number of rotatable bonds is 7. The van der Waals surface area contributed by atoms with E-state index in [0.717, 1.165) is 11.1 Å². The molecule has 2 N–H and O–H groups in total. The molecular weight excluding hydrogens is 377 g/mol. The minimum Gasteiger partial charge on any atom is -0.467 e. The summed E-state index contributed by atoms with van der Waals surface area (Å²) in [4.78, 5) is 24.6. The Morgan fingerprint density at radius 1 is 1.08 bits per heavy atom. The number of carbonyl (C=O) groups excluding carboxylic acids is 2. The van der Waals surface area contributed by atoms with Gasteiger partial charge in [-0.3, -0.25) is 4.79 Å². The van der Waals surface area contributed by atoms with Crippen molar-refractivity contribution in [3.05, 3.63) is 69.2 Å². The third-order valence-electron chi connectivity index (χ3n) is 3.84. The van der Waals surface area contributed by atoms with E-state index in [1.807, 2.05) is 24.3 Å². The first-order valence-corrected chi connectivity index (χ1v) is 8.73. The number of aliphatic hydroxyl groups excluding tert-OH is 1. The van der Waals surface area contributed by atoms with Crippen molar-refractivity contribution in [2.24, 2.45) is 0 Å². The molecule has 5 nitrogen and oxygen atoms in total. The lowest BCUT2D eigenvalue weighted by molar-refractivity contribution is -0.142. The average Bonchev–Trinajstić information content (AvgIpc) is 2.62. The zero-order chi connectivity index (χ0) is 19.1. The van der Waals surface area contributed by atoms with Crippen LogP contribution in [0.3, 0.4) is 0 Å². The molecule has 2 rings (SSSR count). The number of esters is 1. The lowest BCUT2D eigenvalue weighted by Crippen LogP contribution is -2.43. The molecule has 0 saturated carbocycles. The average molecular weight is 396 g/mol. The van der Waals surface area contributed by atoms with Gasteiger partial charge in [-0.15, -0.1) is 0 Å². The molecule has 0 bridgehead atoms. The van der Waals surface area contributed by atoms with Gasteiger partial charge in [0, 0.05) is 13.0 Å². The molecule has 138 valence electrons. The fourth-order valence-electron chi connectivity index (χ4n) is 2.49. The number of hydrogen-bond donors (Lipinski definition) is 2. The number of hydrogen-bond acceptors (Lipinski definition) is 4. The van der Waals surface area contributed by atoms with E-state index in [9.17, 15) is 9.59 Å². The van der Waals surface area contributed by atoms with E-state index in [1.54, 1.807) is 18.2 Å². The Morgan fingerprint density at radius 2 is 1.65 bits per heavy atom. The van der Waals surface area contributed by atoms with E-state index in [0.29, 0.717) is 6.42 Å². The molecule has 2 aromatic rings. The van der Waals surface area contributed by atoms with Crippen LogP contribution in [0.1, 0.15) is 21.5 Å². The molecule has 0 aliphatic heterocycles. The first-order chi connectivity index (χ1) is 12.5. The maximum atomic E-state index is 12.5. The van der Waals surface area contributed by atoms with Gasteiger partial charge >= 0.3 is 5.97 Å². The van der Waals surface area contributed by atoms with Crippen LogP contribution in [0.25, 0.3) is 0 Å². The zero-order valence-corrected chi connectivity index (χ0v) is 15.7. The van der Waals surface area contributed by atoms with Crippen molar-refractivity contribution in [3.63, 3.8) is 0 Å². The molecule has 0 aliphatic rings. The molecule has 0 radical (unpaired) electrons. The Morgan fingerprint density at radius 3 is 2.19 bits per heavy atom. The SMILES string of the molecule is COC(=O)[C@H](Cc1ccc(CCO)cc1)NC(=O)c1c(Cl)cccc1Cl. The van der Waals surface area contributed by atoms with E-state index >= 15 is 0 Å². The van der Waals surface area contributed by atoms with Crippen LogP contribution >= 0.6 is 23.2 Å². The Hall–Kier alpha value is -2.08. The van der Waals surface area contributed by atoms with Crippen molar-refractivity contribution in [1.82, 2.24) is 5.32 Å². The minimum absolute atomic E-state index is 0.0682. The first kappa shape index (κ1) is 20.2. The number of nitrogens with one attached hydrogen (secondary N) is 1. The van der Waals surface area contributed by atoms with Crippen molar-refractivity contribution < 1.29 is 19.4 Å². The van der Waals surface area contributed by atoms with Crippen LogP contribution in [-0.4, -0.2) is 36.7 Å². The topological polar surface area (TPSA) is 75.6 Å². The van der Waals surface area contributed by atoms with Gasteiger partial charge in [0.25, 0.3) is 5.91 Å². The molecule has 26 heavy (non-hydrogen) atoms. The van der Waals surface area contributed by atoms with Gasteiger partial charge in [-0.1, -0.05) is 53.5 Å². The third-order valence-corrected chi connectivity index (χ3v) is 4.47. The second kappa shape index (κ2) is 9.57. The predicted octanol–water partition coefficient (Wildman–Crippen LogP) is 3.04. The molecule has 0 fully saturated rings. The molecule has 0 aliphatic carbocycles. The Labute approximate surface area is 161 Å². The molecule has 0 unspecified atom stereocenters. The summed E-state index contributed by atoms with van der Waals surface area (Å²) >= 11 is 12.1. The Bertz CT molecular complexity index is 757. The van der Waals surface area contributed by atoms with Crippen LogP contribution in [0, 0.1) is 0 Å². The highest BCUT2D eigenvalue weighted by atomic mass is 35.5. The summed E-state index contributed by atoms with van der Waals surface area (Å²) in [6, 6.07) is 11.3. The van der Waals surface area contributed by atoms with Crippen molar-refractivity contribution in [1.29, 1.82) is 0 Å². The summed E-state index contributed by atoms with van der Waals surface area (Å²) in [5, 5.41) is 12.0. The van der Waals surface area contributed by atoms with Crippen LogP contribution in [0.4, 0.5) is 0 Å². The van der Waals surface area contributed by atoms with Gasteiger partial charge in [0.05, 0.1) is 22.7 Å². The molecule has 7 heteroatoms. The second-order valence-electron chi connectivity index (χ2n) is 5.64. The van der Waals surface area contributed by atoms with Crippen molar-refractivity contribution in [2.75, 3.05) is 13.7 Å². The lowest BCUT2D eigenvalue weighted by Gasteiger charge is -2.18. The second-order valence-corrected chi connectivity index (χ2v) is 6.45. The van der Waals surface area contributed by atoms with Crippen LogP contribution in [0.2, 0.25) is 10.0 Å². The van der Waals surface area contributed by atoms with Gasteiger partial charge in [-0.25, -0.2) is 4.79 Å². The zero-order valence-electron chi connectivity index (χ0n) is 14.2. The number of benzene rings is 2. The fraction of sp³-hybridized carbons (Fsp3) is 0.263. The van der Waals surface area contributed by atoms with Gasteiger partial charge in [0.1, 0.15) is 6.04 Å². The quantitative estimate of drug-likeness (QED) is 0.706. The van der Waals surface area contributed by atoms with E-state index in [-0.39, 0.29) is 28.6 Å². The number of carbonyl (C=O) groups is 2. The molecule has 0 saturated heterocycles. The molecular formula is C19H19Cl2NO4. The summed E-state index contributed by atoms with van der Waals surface area (Å²) in [6.45, 7) is 0.0682. The van der Waals surface area contributed by atoms with E-state index in [2.05, 4.69) is 5.32 Å². The molecule has 2 aromatic carbocycles. The number of methoxy groups -OCH3 is 1. The summed E-state index contributed by atoms with van der Waals surface area (Å²) < 4.78 is 4.79. The minimum atomic E-state index is -0.886. The molecule has 1 amide bonds.